The normalized spacial score (nSPS) is 16.6. The van der Waals surface area contributed by atoms with Crippen molar-refractivity contribution in [3.63, 3.8) is 0 Å². The van der Waals surface area contributed by atoms with Crippen molar-refractivity contribution in [3.05, 3.63) is 12.4 Å². The van der Waals surface area contributed by atoms with Crippen LogP contribution in [0.4, 0.5) is 5.82 Å². The Morgan fingerprint density at radius 1 is 1.53 bits per heavy atom. The standard InChI is InChI=1S/C12H20N4O/c1-2-5-17-12-6-11(14-8-15-12)16-10(7-13)9-3-4-9/h6,8-10H,2-5,7,13H2,1H3,(H,14,15,16). The van der Waals surface area contributed by atoms with Gasteiger partial charge in [0.1, 0.15) is 12.1 Å². The molecule has 1 fully saturated rings. The van der Waals surface area contributed by atoms with Gasteiger partial charge in [0.25, 0.3) is 0 Å². The average molecular weight is 236 g/mol. The van der Waals surface area contributed by atoms with Gasteiger partial charge in [0, 0.05) is 18.7 Å². The second-order valence-corrected chi connectivity index (χ2v) is 4.41. The van der Waals surface area contributed by atoms with Crippen LogP contribution >= 0.6 is 0 Å². The van der Waals surface area contributed by atoms with E-state index in [0.717, 1.165) is 12.2 Å². The van der Waals surface area contributed by atoms with Crippen molar-refractivity contribution in [2.75, 3.05) is 18.5 Å². The van der Waals surface area contributed by atoms with Gasteiger partial charge in [0.2, 0.25) is 5.88 Å². The SMILES string of the molecule is CCCOc1cc(NC(CN)C2CC2)ncn1. The maximum Gasteiger partial charge on any atom is 0.218 e. The second-order valence-electron chi connectivity index (χ2n) is 4.41. The fourth-order valence-electron chi connectivity index (χ4n) is 1.76. The van der Waals surface area contributed by atoms with E-state index >= 15 is 0 Å². The summed E-state index contributed by atoms with van der Waals surface area (Å²) in [4.78, 5) is 8.25. The summed E-state index contributed by atoms with van der Waals surface area (Å²) in [6.45, 7) is 3.39. The number of ether oxygens (including phenoxy) is 1. The molecule has 1 aliphatic rings. The van der Waals surface area contributed by atoms with Crippen LogP contribution in [0.3, 0.4) is 0 Å². The molecule has 1 atom stereocenters. The Morgan fingerprint density at radius 2 is 2.35 bits per heavy atom. The van der Waals surface area contributed by atoms with Gasteiger partial charge >= 0.3 is 0 Å². The minimum Gasteiger partial charge on any atom is -0.478 e. The van der Waals surface area contributed by atoms with Gasteiger partial charge in [-0.15, -0.1) is 0 Å². The predicted molar refractivity (Wildman–Crippen MR) is 67.0 cm³/mol. The Morgan fingerprint density at radius 3 is 3.00 bits per heavy atom. The van der Waals surface area contributed by atoms with Crippen LogP contribution in [0.1, 0.15) is 26.2 Å². The van der Waals surface area contributed by atoms with E-state index in [4.69, 9.17) is 10.5 Å². The zero-order valence-electron chi connectivity index (χ0n) is 10.2. The molecule has 3 N–H and O–H groups in total. The van der Waals surface area contributed by atoms with Crippen molar-refractivity contribution >= 4 is 5.82 Å². The molecule has 0 bridgehead atoms. The average Bonchev–Trinajstić information content (AvgIpc) is 3.18. The highest BCUT2D eigenvalue weighted by Gasteiger charge is 2.30. The summed E-state index contributed by atoms with van der Waals surface area (Å²) in [5.74, 6) is 2.12. The lowest BCUT2D eigenvalue weighted by molar-refractivity contribution is 0.305. The van der Waals surface area contributed by atoms with E-state index in [2.05, 4.69) is 22.2 Å². The number of nitrogens with two attached hydrogens (primary N) is 1. The first-order valence-corrected chi connectivity index (χ1v) is 6.25. The third-order valence-electron chi connectivity index (χ3n) is 2.87. The zero-order valence-corrected chi connectivity index (χ0v) is 10.2. The van der Waals surface area contributed by atoms with Crippen molar-refractivity contribution in [2.45, 2.75) is 32.2 Å². The molecular weight excluding hydrogens is 216 g/mol. The molecule has 0 radical (unpaired) electrons. The van der Waals surface area contributed by atoms with E-state index in [1.807, 2.05) is 6.07 Å². The smallest absolute Gasteiger partial charge is 0.218 e. The number of nitrogens with one attached hydrogen (secondary N) is 1. The van der Waals surface area contributed by atoms with Crippen LogP contribution in [-0.4, -0.2) is 29.2 Å². The molecule has 17 heavy (non-hydrogen) atoms. The van der Waals surface area contributed by atoms with Crippen molar-refractivity contribution in [1.82, 2.24) is 9.97 Å². The molecule has 1 heterocycles. The summed E-state index contributed by atoms with van der Waals surface area (Å²) in [7, 11) is 0. The molecular formula is C12H20N4O. The van der Waals surface area contributed by atoms with Gasteiger partial charge < -0.3 is 15.8 Å². The minimum atomic E-state index is 0.323. The van der Waals surface area contributed by atoms with Gasteiger partial charge in [-0.3, -0.25) is 0 Å². The van der Waals surface area contributed by atoms with Gasteiger partial charge in [0.15, 0.2) is 0 Å². The van der Waals surface area contributed by atoms with Crippen LogP contribution in [0.15, 0.2) is 12.4 Å². The fraction of sp³-hybridized carbons (Fsp3) is 0.667. The van der Waals surface area contributed by atoms with Crippen LogP contribution in [0.5, 0.6) is 5.88 Å². The lowest BCUT2D eigenvalue weighted by Gasteiger charge is -2.16. The third-order valence-corrected chi connectivity index (χ3v) is 2.87. The van der Waals surface area contributed by atoms with Crippen LogP contribution in [-0.2, 0) is 0 Å². The molecule has 0 amide bonds. The molecule has 5 nitrogen and oxygen atoms in total. The van der Waals surface area contributed by atoms with Gasteiger partial charge in [-0.25, -0.2) is 9.97 Å². The summed E-state index contributed by atoms with van der Waals surface area (Å²) in [6.07, 6.45) is 5.02. The number of nitrogens with zero attached hydrogens (tertiary/aromatic N) is 2. The molecule has 2 rings (SSSR count). The summed E-state index contributed by atoms with van der Waals surface area (Å²) in [5, 5.41) is 3.35. The van der Waals surface area contributed by atoms with Gasteiger partial charge in [0.05, 0.1) is 6.61 Å². The highest BCUT2D eigenvalue weighted by Crippen LogP contribution is 2.33. The molecule has 0 aromatic carbocycles. The van der Waals surface area contributed by atoms with E-state index in [-0.39, 0.29) is 0 Å². The highest BCUT2D eigenvalue weighted by atomic mass is 16.5. The van der Waals surface area contributed by atoms with E-state index in [1.165, 1.54) is 19.2 Å². The van der Waals surface area contributed by atoms with Gasteiger partial charge in [-0.2, -0.15) is 0 Å². The lowest BCUT2D eigenvalue weighted by Crippen LogP contribution is -2.31. The molecule has 1 aromatic rings. The highest BCUT2D eigenvalue weighted by molar-refractivity contribution is 5.38. The Labute approximate surface area is 102 Å². The lowest BCUT2D eigenvalue weighted by atomic mass is 10.2. The number of hydrogen-bond acceptors (Lipinski definition) is 5. The molecule has 1 aliphatic carbocycles. The fourth-order valence-corrected chi connectivity index (χ4v) is 1.76. The number of rotatable bonds is 7. The third kappa shape index (κ3) is 3.56. The first-order chi connectivity index (χ1) is 8.33. The first-order valence-electron chi connectivity index (χ1n) is 6.25. The van der Waals surface area contributed by atoms with Gasteiger partial charge in [-0.1, -0.05) is 6.92 Å². The quantitative estimate of drug-likeness (QED) is 0.749. The maximum atomic E-state index is 5.74. The van der Waals surface area contributed by atoms with E-state index < -0.39 is 0 Å². The summed E-state index contributed by atoms with van der Waals surface area (Å²) >= 11 is 0. The molecule has 1 saturated carbocycles. The first kappa shape index (κ1) is 12.1. The Balaban J connectivity index is 1.94. The predicted octanol–water partition coefficient (Wildman–Crippen LogP) is 1.41. The van der Waals surface area contributed by atoms with E-state index in [0.29, 0.717) is 31.0 Å². The minimum absolute atomic E-state index is 0.323. The largest absolute Gasteiger partial charge is 0.478 e. The Hall–Kier alpha value is -1.36. The van der Waals surface area contributed by atoms with Crippen molar-refractivity contribution in [2.24, 2.45) is 11.7 Å². The topological polar surface area (TPSA) is 73.1 Å². The molecule has 0 spiro atoms. The molecule has 1 unspecified atom stereocenters. The van der Waals surface area contributed by atoms with Crippen LogP contribution in [0.25, 0.3) is 0 Å². The van der Waals surface area contributed by atoms with Gasteiger partial charge in [-0.05, 0) is 25.2 Å². The number of hydrogen-bond donors (Lipinski definition) is 2. The Bertz CT molecular complexity index is 354. The molecule has 1 aromatic heterocycles. The monoisotopic (exact) mass is 236 g/mol. The summed E-state index contributed by atoms with van der Waals surface area (Å²) in [6, 6.07) is 2.16. The van der Waals surface area contributed by atoms with Crippen molar-refractivity contribution in [3.8, 4) is 5.88 Å². The molecule has 5 heteroatoms. The number of aromatic nitrogens is 2. The Kier molecular flexibility index (Phi) is 4.14. The van der Waals surface area contributed by atoms with Crippen LogP contribution in [0, 0.1) is 5.92 Å². The van der Waals surface area contributed by atoms with Crippen molar-refractivity contribution in [1.29, 1.82) is 0 Å². The second kappa shape index (κ2) is 5.82. The van der Waals surface area contributed by atoms with Crippen LogP contribution < -0.4 is 15.8 Å². The summed E-state index contributed by atoms with van der Waals surface area (Å²) < 4.78 is 5.46. The molecule has 0 aliphatic heterocycles. The van der Waals surface area contributed by atoms with Crippen molar-refractivity contribution < 1.29 is 4.74 Å². The zero-order chi connectivity index (χ0) is 12.1. The summed E-state index contributed by atoms with van der Waals surface area (Å²) in [5.41, 5.74) is 5.74. The maximum absolute atomic E-state index is 5.74. The van der Waals surface area contributed by atoms with Crippen LogP contribution in [0.2, 0.25) is 0 Å². The molecule has 0 saturated heterocycles. The van der Waals surface area contributed by atoms with E-state index in [1.54, 1.807) is 0 Å². The van der Waals surface area contributed by atoms with E-state index in [9.17, 15) is 0 Å². The number of anilines is 1. The molecule has 94 valence electrons.